The van der Waals surface area contributed by atoms with Gasteiger partial charge in [-0.3, -0.25) is 0 Å². The summed E-state index contributed by atoms with van der Waals surface area (Å²) < 4.78 is 5.37. The van der Waals surface area contributed by atoms with Crippen LogP contribution in [0.3, 0.4) is 0 Å². The normalized spacial score (nSPS) is 38.2. The molecule has 0 aliphatic carbocycles. The van der Waals surface area contributed by atoms with Crippen molar-refractivity contribution in [2.75, 3.05) is 11.9 Å². The first-order chi connectivity index (χ1) is 3.83. The summed E-state index contributed by atoms with van der Waals surface area (Å²) in [5, 5.41) is 0.997. The lowest BCUT2D eigenvalue weighted by atomic mass is 10.1. The predicted octanol–water partition coefficient (Wildman–Crippen LogP) is 1.81. The fourth-order valence-corrected chi connectivity index (χ4v) is 1.44. The largest absolute Gasteiger partial charge is 0.377 e. The second kappa shape index (κ2) is 2.83. The highest BCUT2D eigenvalue weighted by atomic mass is 79.9. The Kier molecular flexibility index (Phi) is 2.32. The Morgan fingerprint density at radius 1 is 1.75 bits per heavy atom. The molecule has 0 spiro atoms. The zero-order valence-corrected chi connectivity index (χ0v) is 6.65. The first kappa shape index (κ1) is 6.56. The van der Waals surface area contributed by atoms with Crippen LogP contribution < -0.4 is 0 Å². The molecule has 0 unspecified atom stereocenters. The number of alkyl halides is 1. The highest BCUT2D eigenvalue weighted by Crippen LogP contribution is 2.19. The van der Waals surface area contributed by atoms with Crippen LogP contribution in [0.1, 0.15) is 13.3 Å². The number of ether oxygens (including phenoxy) is 1. The summed E-state index contributed by atoms with van der Waals surface area (Å²) in [6, 6.07) is 0. The quantitative estimate of drug-likeness (QED) is 0.557. The van der Waals surface area contributed by atoms with Crippen molar-refractivity contribution in [2.24, 2.45) is 5.92 Å². The topological polar surface area (TPSA) is 9.23 Å². The molecule has 1 rings (SSSR count). The smallest absolute Gasteiger partial charge is 0.0675 e. The van der Waals surface area contributed by atoms with Crippen molar-refractivity contribution in [1.82, 2.24) is 0 Å². The van der Waals surface area contributed by atoms with Crippen LogP contribution in [-0.2, 0) is 4.74 Å². The molecule has 1 saturated heterocycles. The van der Waals surface area contributed by atoms with E-state index in [9.17, 15) is 0 Å². The number of halogens is 1. The highest BCUT2D eigenvalue weighted by molar-refractivity contribution is 9.09. The molecule has 0 bridgehead atoms. The lowest BCUT2D eigenvalue weighted by molar-refractivity contribution is 0.125. The van der Waals surface area contributed by atoms with Gasteiger partial charge >= 0.3 is 0 Å². The molecule has 1 aliphatic rings. The maximum Gasteiger partial charge on any atom is 0.0675 e. The standard InChI is InChI=1S/C6H11BrO/c1-5-2-6(3-7)8-4-5/h5-6H,2-4H2,1H3/t5-,6-/m1/s1. The van der Waals surface area contributed by atoms with Crippen LogP contribution in [0.5, 0.6) is 0 Å². The molecule has 8 heavy (non-hydrogen) atoms. The van der Waals surface area contributed by atoms with E-state index >= 15 is 0 Å². The van der Waals surface area contributed by atoms with Gasteiger partial charge in [-0.15, -0.1) is 0 Å². The minimum Gasteiger partial charge on any atom is -0.377 e. The van der Waals surface area contributed by atoms with E-state index in [1.54, 1.807) is 0 Å². The Morgan fingerprint density at radius 3 is 2.75 bits per heavy atom. The Hall–Kier alpha value is 0.440. The predicted molar refractivity (Wildman–Crippen MR) is 37.3 cm³/mol. The van der Waals surface area contributed by atoms with Crippen LogP contribution in [0.4, 0.5) is 0 Å². The van der Waals surface area contributed by atoms with Gasteiger partial charge in [-0.25, -0.2) is 0 Å². The van der Waals surface area contributed by atoms with Crippen molar-refractivity contribution in [2.45, 2.75) is 19.4 Å². The molecule has 2 heteroatoms. The van der Waals surface area contributed by atoms with Gasteiger partial charge in [0.05, 0.1) is 6.10 Å². The van der Waals surface area contributed by atoms with E-state index in [0.29, 0.717) is 6.10 Å². The summed E-state index contributed by atoms with van der Waals surface area (Å²) in [5.41, 5.74) is 0. The van der Waals surface area contributed by atoms with Crippen molar-refractivity contribution in [3.05, 3.63) is 0 Å². The Balaban J connectivity index is 2.22. The van der Waals surface area contributed by atoms with Crippen molar-refractivity contribution in [1.29, 1.82) is 0 Å². The van der Waals surface area contributed by atoms with E-state index in [0.717, 1.165) is 17.9 Å². The van der Waals surface area contributed by atoms with Crippen LogP contribution in [0.15, 0.2) is 0 Å². The second-order valence-corrected chi connectivity index (χ2v) is 3.10. The average Bonchev–Trinajstić information content (AvgIpc) is 2.14. The summed E-state index contributed by atoms with van der Waals surface area (Å²) >= 11 is 3.38. The minimum atomic E-state index is 0.491. The molecule has 2 atom stereocenters. The maximum atomic E-state index is 5.37. The van der Waals surface area contributed by atoms with Crippen LogP contribution in [0.2, 0.25) is 0 Å². The molecular weight excluding hydrogens is 168 g/mol. The monoisotopic (exact) mass is 178 g/mol. The first-order valence-electron chi connectivity index (χ1n) is 3.00. The molecule has 0 aromatic heterocycles. The molecule has 1 fully saturated rings. The van der Waals surface area contributed by atoms with Gasteiger partial charge < -0.3 is 4.74 Å². The van der Waals surface area contributed by atoms with Gasteiger partial charge in [0.2, 0.25) is 0 Å². The van der Waals surface area contributed by atoms with Gasteiger partial charge in [0, 0.05) is 11.9 Å². The summed E-state index contributed by atoms with van der Waals surface area (Å²) in [7, 11) is 0. The Bertz CT molecular complexity index is 74.9. The van der Waals surface area contributed by atoms with Gasteiger partial charge in [0.25, 0.3) is 0 Å². The van der Waals surface area contributed by atoms with Crippen LogP contribution >= 0.6 is 15.9 Å². The van der Waals surface area contributed by atoms with E-state index in [-0.39, 0.29) is 0 Å². The zero-order chi connectivity index (χ0) is 5.98. The summed E-state index contributed by atoms with van der Waals surface area (Å²) in [6.07, 6.45) is 1.72. The third-order valence-corrected chi connectivity index (χ3v) is 2.18. The van der Waals surface area contributed by atoms with E-state index in [1.807, 2.05) is 0 Å². The molecule has 1 heterocycles. The van der Waals surface area contributed by atoms with Crippen LogP contribution in [-0.4, -0.2) is 18.0 Å². The summed E-state index contributed by atoms with van der Waals surface area (Å²) in [5.74, 6) is 0.776. The third kappa shape index (κ3) is 1.46. The maximum absolute atomic E-state index is 5.37. The fraction of sp³-hybridized carbons (Fsp3) is 1.00. The van der Waals surface area contributed by atoms with Crippen molar-refractivity contribution in [3.8, 4) is 0 Å². The van der Waals surface area contributed by atoms with Crippen molar-refractivity contribution < 1.29 is 4.74 Å². The molecular formula is C6H11BrO. The molecule has 0 N–H and O–H groups in total. The van der Waals surface area contributed by atoms with Crippen molar-refractivity contribution >= 4 is 15.9 Å². The first-order valence-corrected chi connectivity index (χ1v) is 4.12. The highest BCUT2D eigenvalue weighted by Gasteiger charge is 2.19. The van der Waals surface area contributed by atoms with Gasteiger partial charge in [0.15, 0.2) is 0 Å². The number of rotatable bonds is 1. The molecule has 1 aliphatic heterocycles. The summed E-state index contributed by atoms with van der Waals surface area (Å²) in [6.45, 7) is 3.18. The van der Waals surface area contributed by atoms with Gasteiger partial charge in [-0.2, -0.15) is 0 Å². The third-order valence-electron chi connectivity index (χ3n) is 1.45. The number of hydrogen-bond donors (Lipinski definition) is 0. The SMILES string of the molecule is C[C@H]1CO[C@@H](CBr)C1. The van der Waals surface area contributed by atoms with Crippen LogP contribution in [0, 0.1) is 5.92 Å². The molecule has 48 valence electrons. The molecule has 0 amide bonds. The van der Waals surface area contributed by atoms with E-state index in [1.165, 1.54) is 6.42 Å². The van der Waals surface area contributed by atoms with Crippen LogP contribution in [0.25, 0.3) is 0 Å². The lowest BCUT2D eigenvalue weighted by Gasteiger charge is -2.00. The average molecular weight is 179 g/mol. The van der Waals surface area contributed by atoms with Gasteiger partial charge in [-0.05, 0) is 12.3 Å². The lowest BCUT2D eigenvalue weighted by Crippen LogP contribution is -2.04. The Labute approximate surface area is 58.5 Å². The molecule has 0 saturated carbocycles. The zero-order valence-electron chi connectivity index (χ0n) is 5.06. The fourth-order valence-electron chi connectivity index (χ4n) is 0.993. The van der Waals surface area contributed by atoms with E-state index in [4.69, 9.17) is 4.74 Å². The number of hydrogen-bond acceptors (Lipinski definition) is 1. The van der Waals surface area contributed by atoms with Crippen molar-refractivity contribution in [3.63, 3.8) is 0 Å². The van der Waals surface area contributed by atoms with E-state index in [2.05, 4.69) is 22.9 Å². The van der Waals surface area contributed by atoms with Gasteiger partial charge in [-0.1, -0.05) is 22.9 Å². The van der Waals surface area contributed by atoms with E-state index < -0.39 is 0 Å². The molecule has 0 aromatic carbocycles. The second-order valence-electron chi connectivity index (χ2n) is 2.45. The molecule has 0 aromatic rings. The molecule has 0 radical (unpaired) electrons. The van der Waals surface area contributed by atoms with Gasteiger partial charge in [0.1, 0.15) is 0 Å². The minimum absolute atomic E-state index is 0.491. The molecule has 1 nitrogen and oxygen atoms in total. The summed E-state index contributed by atoms with van der Waals surface area (Å²) in [4.78, 5) is 0. The Morgan fingerprint density at radius 2 is 2.50 bits per heavy atom.